The molecule has 0 spiro atoms. The van der Waals surface area contributed by atoms with E-state index in [1.165, 1.54) is 0 Å². The van der Waals surface area contributed by atoms with Gasteiger partial charge in [-0.15, -0.1) is 0 Å². The molecule has 0 fully saturated rings. The molecule has 16 N–H and O–H groups in total. The molecule has 0 radical (unpaired) electrons. The van der Waals surface area contributed by atoms with Gasteiger partial charge in [-0.3, -0.25) is 48.1 Å². The van der Waals surface area contributed by atoms with Gasteiger partial charge in [-0.1, -0.05) is 0 Å². The Balaban J connectivity index is 4.70. The first-order valence-corrected chi connectivity index (χ1v) is 15.0. The zero-order valence-electron chi connectivity index (χ0n) is 25.3. The molecule has 270 valence electrons. The van der Waals surface area contributed by atoms with Crippen LogP contribution in [0, 0.1) is 0 Å². The summed E-state index contributed by atoms with van der Waals surface area (Å²) in [5, 5.41) is 32.0. The summed E-state index contributed by atoms with van der Waals surface area (Å²) < 4.78 is 20.5. The predicted molar refractivity (Wildman–Crippen MR) is 162 cm³/mol. The van der Waals surface area contributed by atoms with Gasteiger partial charge in [-0.2, -0.15) is 0 Å². The van der Waals surface area contributed by atoms with Crippen molar-refractivity contribution in [2.24, 2.45) is 22.2 Å². The fraction of sp³-hybridized carbons (Fsp3) is 0.565. The number of nitrogens with zero attached hydrogens (tertiary/aromatic N) is 1. The van der Waals surface area contributed by atoms with Gasteiger partial charge in [-0.25, -0.2) is 4.21 Å². The van der Waals surface area contributed by atoms with Crippen LogP contribution in [-0.2, 0) is 54.2 Å². The van der Waals surface area contributed by atoms with Crippen molar-refractivity contribution >= 4 is 70.3 Å². The minimum atomic E-state index is -2.58. The van der Waals surface area contributed by atoms with Crippen molar-refractivity contribution in [3.05, 3.63) is 0 Å². The third-order valence-corrected chi connectivity index (χ3v) is 6.07. The molecular weight excluding hydrogens is 670 g/mol. The molecule has 7 amide bonds. The summed E-state index contributed by atoms with van der Waals surface area (Å²) in [4.78, 5) is 110. The van der Waals surface area contributed by atoms with Gasteiger partial charge in [0, 0.05) is 6.54 Å². The molecule has 0 heterocycles. The molecule has 0 rings (SSSR count). The minimum absolute atomic E-state index is 0.130. The number of hydrogen-bond acceptors (Lipinski definition) is 12. The number of nitrogens with two attached hydrogens (primary N) is 3. The topological polar surface area (TPSA) is 406 Å². The Labute approximate surface area is 274 Å². The quantitative estimate of drug-likeness (QED) is 0.0203. The molecule has 0 aromatic heterocycles. The molecule has 0 aromatic rings. The number of carbonyl (C=O) groups is 9. The number of carbonyl (C=O) groups excluding carboxylic acids is 7. The molecule has 0 aliphatic rings. The Hall–Kier alpha value is -5.43. The number of rotatable bonds is 23. The predicted octanol–water partition coefficient (Wildman–Crippen LogP) is -8.30. The van der Waals surface area contributed by atoms with E-state index in [1.54, 1.807) is 0 Å². The summed E-state index contributed by atoms with van der Waals surface area (Å²) in [6.07, 6.45) is -0.333. The van der Waals surface area contributed by atoms with Crippen molar-refractivity contribution < 1.29 is 62.1 Å². The summed E-state index contributed by atoms with van der Waals surface area (Å²) in [6, 6.07) is -4.27. The maximum absolute atomic E-state index is 12.4. The van der Waals surface area contributed by atoms with Gasteiger partial charge in [0.1, 0.15) is 18.6 Å². The van der Waals surface area contributed by atoms with Crippen LogP contribution >= 0.6 is 0 Å². The van der Waals surface area contributed by atoms with Crippen molar-refractivity contribution in [2.75, 3.05) is 45.0 Å². The maximum Gasteiger partial charge on any atom is 0.322 e. The SMILES string of the molecule is NC(N)=NCCC[C@H](N)C(=O)NCC(=O)N[C@@H](CS(=O)O)C(=O)NCC(=O)NCC(=O)NCC(=O)N[C@@H](CC(=O)O)C(=O)NCC(=O)O. The van der Waals surface area contributed by atoms with Crippen molar-refractivity contribution in [2.45, 2.75) is 37.4 Å². The molecule has 0 aliphatic carbocycles. The smallest absolute Gasteiger partial charge is 0.322 e. The number of aliphatic imine (C=N–C) groups is 1. The highest BCUT2D eigenvalue weighted by atomic mass is 32.2. The molecule has 0 aromatic carbocycles. The Morgan fingerprint density at radius 1 is 0.646 bits per heavy atom. The fourth-order valence-corrected chi connectivity index (χ4v) is 3.73. The highest BCUT2D eigenvalue weighted by Gasteiger charge is 2.25. The molecule has 48 heavy (non-hydrogen) atoms. The van der Waals surface area contributed by atoms with E-state index >= 15 is 0 Å². The first kappa shape index (κ1) is 42.6. The van der Waals surface area contributed by atoms with Crippen LogP contribution in [0.1, 0.15) is 19.3 Å². The second-order valence-electron chi connectivity index (χ2n) is 9.48. The molecule has 1 unspecified atom stereocenters. The summed E-state index contributed by atoms with van der Waals surface area (Å²) in [5.41, 5.74) is 16.1. The van der Waals surface area contributed by atoms with Gasteiger partial charge >= 0.3 is 11.9 Å². The van der Waals surface area contributed by atoms with Gasteiger partial charge in [0.2, 0.25) is 41.4 Å². The van der Waals surface area contributed by atoms with E-state index < -0.39 is 127 Å². The number of amides is 7. The normalized spacial score (nSPS) is 12.8. The Bertz CT molecular complexity index is 1260. The van der Waals surface area contributed by atoms with Crippen LogP contribution in [0.3, 0.4) is 0 Å². The van der Waals surface area contributed by atoms with E-state index in [4.69, 9.17) is 27.4 Å². The lowest BCUT2D eigenvalue weighted by Crippen LogP contribution is -2.54. The summed E-state index contributed by atoms with van der Waals surface area (Å²) >= 11 is -2.58. The third kappa shape index (κ3) is 21.3. The lowest BCUT2D eigenvalue weighted by atomic mass is 10.1. The molecule has 0 aliphatic heterocycles. The molecule has 24 nitrogen and oxygen atoms in total. The maximum atomic E-state index is 12.4. The number of carboxylic acids is 2. The Kier molecular flexibility index (Phi) is 20.4. The van der Waals surface area contributed by atoms with Gasteiger partial charge < -0.3 is 69.2 Å². The van der Waals surface area contributed by atoms with E-state index in [-0.39, 0.29) is 18.9 Å². The van der Waals surface area contributed by atoms with Crippen molar-refractivity contribution in [3.63, 3.8) is 0 Å². The fourth-order valence-electron chi connectivity index (χ4n) is 3.21. The molecule has 0 saturated carbocycles. The summed E-state index contributed by atoms with van der Waals surface area (Å²) in [6.45, 7) is -3.49. The van der Waals surface area contributed by atoms with Gasteiger partial charge in [0.25, 0.3) is 0 Å². The van der Waals surface area contributed by atoms with Crippen molar-refractivity contribution in [1.82, 2.24) is 37.2 Å². The van der Waals surface area contributed by atoms with E-state index in [0.717, 1.165) is 0 Å². The summed E-state index contributed by atoms with van der Waals surface area (Å²) in [7, 11) is 0. The second kappa shape index (κ2) is 23.0. The largest absolute Gasteiger partial charge is 0.481 e. The number of aliphatic carboxylic acids is 2. The van der Waals surface area contributed by atoms with E-state index in [2.05, 4.69) is 31.6 Å². The first-order valence-electron chi connectivity index (χ1n) is 13.7. The average Bonchev–Trinajstić information content (AvgIpc) is 2.99. The van der Waals surface area contributed by atoms with Crippen LogP contribution in [0.2, 0.25) is 0 Å². The molecular formula is C23H39N11O13S. The molecule has 0 bridgehead atoms. The average molecular weight is 710 g/mol. The third-order valence-electron chi connectivity index (χ3n) is 5.45. The van der Waals surface area contributed by atoms with Crippen LogP contribution in [0.25, 0.3) is 0 Å². The molecule has 25 heteroatoms. The lowest BCUT2D eigenvalue weighted by Gasteiger charge is -2.18. The van der Waals surface area contributed by atoms with Crippen LogP contribution in [0.15, 0.2) is 4.99 Å². The van der Waals surface area contributed by atoms with Gasteiger partial charge in [0.05, 0.1) is 44.4 Å². The second-order valence-corrected chi connectivity index (χ2v) is 10.5. The first-order chi connectivity index (χ1) is 22.4. The monoisotopic (exact) mass is 709 g/mol. The minimum Gasteiger partial charge on any atom is -0.481 e. The van der Waals surface area contributed by atoms with Gasteiger partial charge in [0.15, 0.2) is 17.0 Å². The lowest BCUT2D eigenvalue weighted by molar-refractivity contribution is -0.141. The number of hydrogen-bond donors (Lipinski definition) is 13. The Morgan fingerprint density at radius 2 is 1.10 bits per heavy atom. The van der Waals surface area contributed by atoms with Crippen molar-refractivity contribution in [3.8, 4) is 0 Å². The van der Waals surface area contributed by atoms with E-state index in [0.29, 0.717) is 6.42 Å². The molecule has 0 saturated heterocycles. The highest BCUT2D eigenvalue weighted by Crippen LogP contribution is 1.96. The van der Waals surface area contributed by atoms with E-state index in [9.17, 15) is 51.9 Å². The number of nitrogens with one attached hydrogen (secondary N) is 7. The van der Waals surface area contributed by atoms with Crippen LogP contribution < -0.4 is 54.4 Å². The van der Waals surface area contributed by atoms with Crippen LogP contribution in [0.4, 0.5) is 0 Å². The zero-order chi connectivity index (χ0) is 36.8. The molecule has 4 atom stereocenters. The van der Waals surface area contributed by atoms with Crippen molar-refractivity contribution in [1.29, 1.82) is 0 Å². The van der Waals surface area contributed by atoms with Gasteiger partial charge in [-0.05, 0) is 12.8 Å². The number of guanidine groups is 1. The van der Waals surface area contributed by atoms with E-state index in [1.807, 2.05) is 10.6 Å². The number of carboxylic acid groups (broad SMARTS) is 2. The summed E-state index contributed by atoms with van der Waals surface area (Å²) in [5.74, 6) is -10.5. The Morgan fingerprint density at radius 3 is 1.62 bits per heavy atom. The van der Waals surface area contributed by atoms with Crippen LogP contribution in [0.5, 0.6) is 0 Å². The van der Waals surface area contributed by atoms with Crippen LogP contribution in [-0.4, -0.2) is 141 Å². The standard InChI is InChI=1S/C23H39N11O13S/c24-11(2-1-3-27-23(25)26)20(43)30-8-17(38)34-13(10-48(46)47)22(45)31-6-15(36)28-5-14(35)29-7-16(37)33-12(4-18(39)40)21(44)32-9-19(41)42/h11-13H,1-10,24H2,(H,28,36)(H,29,35)(H,30,43)(H,31,45)(H,32,44)(H,33,37)(H,34,38)(H,39,40)(H,41,42)(H,46,47)(H4,25,26,27)/t11-,12-,13-/m0/s1. The highest BCUT2D eigenvalue weighted by molar-refractivity contribution is 7.79. The zero-order valence-corrected chi connectivity index (χ0v) is 26.1.